The predicted octanol–water partition coefficient (Wildman–Crippen LogP) is 3.47. The molecule has 1 aromatic heterocycles. The lowest BCUT2D eigenvalue weighted by molar-refractivity contribution is 0.0923. The first-order valence-corrected chi connectivity index (χ1v) is 10.2. The van der Waals surface area contributed by atoms with Gasteiger partial charge in [0.1, 0.15) is 17.2 Å². The van der Waals surface area contributed by atoms with Gasteiger partial charge in [0, 0.05) is 17.5 Å². The Morgan fingerprint density at radius 2 is 1.77 bits per heavy atom. The summed E-state index contributed by atoms with van der Waals surface area (Å²) in [5.74, 6) is 0.761. The molecular weight excluding hydrogens is 382 g/mol. The number of hydrogen-bond acceptors (Lipinski definition) is 5. The molecule has 4 rings (SSSR count). The molecule has 0 spiro atoms. The van der Waals surface area contributed by atoms with E-state index in [2.05, 4.69) is 10.4 Å². The van der Waals surface area contributed by atoms with E-state index in [1.54, 1.807) is 49.6 Å². The summed E-state index contributed by atoms with van der Waals surface area (Å²) < 4.78 is 11.9. The van der Waals surface area contributed by atoms with Crippen LogP contribution >= 0.6 is 0 Å². The third-order valence-corrected chi connectivity index (χ3v) is 5.58. The van der Waals surface area contributed by atoms with Crippen molar-refractivity contribution in [3.8, 4) is 17.2 Å². The Labute approximate surface area is 174 Å². The van der Waals surface area contributed by atoms with Crippen LogP contribution in [0.4, 0.5) is 0 Å². The van der Waals surface area contributed by atoms with Crippen molar-refractivity contribution in [2.24, 2.45) is 0 Å². The van der Waals surface area contributed by atoms with Gasteiger partial charge in [-0.25, -0.2) is 0 Å². The van der Waals surface area contributed by atoms with Crippen LogP contribution < -0.4 is 20.3 Å². The molecule has 3 aromatic rings. The van der Waals surface area contributed by atoms with E-state index < -0.39 is 0 Å². The molecular formula is C23H25N3O4. The highest BCUT2D eigenvalue weighted by atomic mass is 16.5. The van der Waals surface area contributed by atoms with Crippen molar-refractivity contribution in [2.75, 3.05) is 14.2 Å². The van der Waals surface area contributed by atoms with Crippen molar-refractivity contribution in [3.63, 3.8) is 0 Å². The molecule has 1 saturated carbocycles. The van der Waals surface area contributed by atoms with Crippen LogP contribution in [0.25, 0.3) is 16.5 Å². The highest BCUT2D eigenvalue weighted by Gasteiger charge is 2.22. The largest absolute Gasteiger partial charge is 0.497 e. The fraction of sp³-hybridized carbons (Fsp3) is 0.348. The van der Waals surface area contributed by atoms with Crippen LogP contribution in [0.1, 0.15) is 42.6 Å². The average molecular weight is 407 g/mol. The molecule has 30 heavy (non-hydrogen) atoms. The van der Waals surface area contributed by atoms with Crippen molar-refractivity contribution >= 4 is 16.7 Å². The van der Waals surface area contributed by atoms with Crippen molar-refractivity contribution in [1.29, 1.82) is 0 Å². The van der Waals surface area contributed by atoms with Gasteiger partial charge in [0.05, 0.1) is 19.6 Å². The number of aromatic nitrogens is 2. The lowest BCUT2D eigenvalue weighted by Gasteiger charge is -2.23. The zero-order valence-electron chi connectivity index (χ0n) is 17.2. The van der Waals surface area contributed by atoms with Crippen LogP contribution in [0.15, 0.2) is 47.3 Å². The molecule has 0 aliphatic heterocycles. The smallest absolute Gasteiger partial charge is 0.279 e. The average Bonchev–Trinajstić information content (AvgIpc) is 2.79. The summed E-state index contributed by atoms with van der Waals surface area (Å²) in [4.78, 5) is 26.3. The number of nitrogens with one attached hydrogen (secondary N) is 1. The summed E-state index contributed by atoms with van der Waals surface area (Å²) in [7, 11) is 3.07. The molecule has 2 aromatic carbocycles. The molecule has 0 saturated heterocycles. The highest BCUT2D eigenvalue weighted by molar-refractivity contribution is 6.05. The summed E-state index contributed by atoms with van der Waals surface area (Å²) in [5.41, 5.74) is 0.359. The molecule has 0 atom stereocenters. The van der Waals surface area contributed by atoms with Gasteiger partial charge in [-0.2, -0.15) is 9.78 Å². The number of amides is 1. The summed E-state index contributed by atoms with van der Waals surface area (Å²) in [6.45, 7) is 0. The van der Waals surface area contributed by atoms with E-state index in [0.29, 0.717) is 28.0 Å². The van der Waals surface area contributed by atoms with Crippen LogP contribution in [0.2, 0.25) is 0 Å². The van der Waals surface area contributed by atoms with E-state index >= 15 is 0 Å². The molecule has 1 aliphatic rings. The maximum absolute atomic E-state index is 13.2. The van der Waals surface area contributed by atoms with E-state index in [1.807, 2.05) is 0 Å². The standard InChI is InChI=1S/C23H25N3O4/c1-29-16-12-13-19(20(14-16)30-2)26-23(28)18-11-7-6-10-17(18)21(25-26)22(27)24-15-8-4-3-5-9-15/h6-7,10-15H,3-5,8-9H2,1-2H3,(H,24,27). The molecule has 156 valence electrons. The monoisotopic (exact) mass is 407 g/mol. The summed E-state index contributed by atoms with van der Waals surface area (Å²) in [6, 6.07) is 12.3. The van der Waals surface area contributed by atoms with E-state index in [4.69, 9.17) is 9.47 Å². The minimum absolute atomic E-state index is 0.141. The fourth-order valence-electron chi connectivity index (χ4n) is 3.98. The van der Waals surface area contributed by atoms with Crippen molar-refractivity contribution in [3.05, 3.63) is 58.5 Å². The van der Waals surface area contributed by atoms with Gasteiger partial charge in [0.2, 0.25) is 0 Å². The maximum atomic E-state index is 13.2. The quantitative estimate of drug-likeness (QED) is 0.700. The number of nitrogens with zero attached hydrogens (tertiary/aromatic N) is 2. The molecule has 1 N–H and O–H groups in total. The molecule has 1 fully saturated rings. The Hall–Kier alpha value is -3.35. The maximum Gasteiger partial charge on any atom is 0.279 e. The summed E-state index contributed by atoms with van der Waals surface area (Å²) >= 11 is 0. The Bertz CT molecular complexity index is 1130. The van der Waals surface area contributed by atoms with Gasteiger partial charge in [0.15, 0.2) is 5.69 Å². The van der Waals surface area contributed by atoms with Gasteiger partial charge >= 0.3 is 0 Å². The third-order valence-electron chi connectivity index (χ3n) is 5.58. The number of fused-ring (bicyclic) bond motifs is 1. The molecule has 1 aliphatic carbocycles. The predicted molar refractivity (Wildman–Crippen MR) is 115 cm³/mol. The van der Waals surface area contributed by atoms with Crippen molar-refractivity contribution < 1.29 is 14.3 Å². The number of carbonyl (C=O) groups excluding carboxylic acids is 1. The van der Waals surface area contributed by atoms with E-state index in [0.717, 1.165) is 25.7 Å². The van der Waals surface area contributed by atoms with Gasteiger partial charge in [-0.05, 0) is 31.0 Å². The van der Waals surface area contributed by atoms with Crippen LogP contribution in [0.3, 0.4) is 0 Å². The van der Waals surface area contributed by atoms with E-state index in [9.17, 15) is 9.59 Å². The zero-order valence-corrected chi connectivity index (χ0v) is 17.2. The molecule has 0 unspecified atom stereocenters. The van der Waals surface area contributed by atoms with Gasteiger partial charge in [0.25, 0.3) is 11.5 Å². The Balaban J connectivity index is 1.85. The van der Waals surface area contributed by atoms with Gasteiger partial charge in [-0.1, -0.05) is 37.5 Å². The first-order valence-electron chi connectivity index (χ1n) is 10.2. The van der Waals surface area contributed by atoms with Gasteiger partial charge in [-0.15, -0.1) is 0 Å². The fourth-order valence-corrected chi connectivity index (χ4v) is 3.98. The number of ether oxygens (including phenoxy) is 2. The Morgan fingerprint density at radius 3 is 2.47 bits per heavy atom. The number of hydrogen-bond donors (Lipinski definition) is 1. The van der Waals surface area contributed by atoms with E-state index in [1.165, 1.54) is 18.2 Å². The summed E-state index contributed by atoms with van der Waals surface area (Å²) in [5, 5.41) is 8.55. The Morgan fingerprint density at radius 1 is 1.03 bits per heavy atom. The first-order chi connectivity index (χ1) is 14.6. The molecule has 1 amide bonds. The second kappa shape index (κ2) is 8.57. The number of benzene rings is 2. The second-order valence-corrected chi connectivity index (χ2v) is 7.46. The summed E-state index contributed by atoms with van der Waals surface area (Å²) in [6.07, 6.45) is 5.37. The molecule has 1 heterocycles. The lowest BCUT2D eigenvalue weighted by Crippen LogP contribution is -2.38. The molecule has 7 heteroatoms. The van der Waals surface area contributed by atoms with Crippen molar-refractivity contribution in [2.45, 2.75) is 38.1 Å². The second-order valence-electron chi connectivity index (χ2n) is 7.46. The molecule has 0 bridgehead atoms. The third kappa shape index (κ3) is 3.75. The Kier molecular flexibility index (Phi) is 5.70. The van der Waals surface area contributed by atoms with Crippen LogP contribution in [0.5, 0.6) is 11.5 Å². The minimum atomic E-state index is -0.316. The number of rotatable bonds is 5. The van der Waals surface area contributed by atoms with Crippen LogP contribution in [-0.4, -0.2) is 35.9 Å². The van der Waals surface area contributed by atoms with Crippen LogP contribution in [-0.2, 0) is 0 Å². The van der Waals surface area contributed by atoms with Gasteiger partial charge < -0.3 is 14.8 Å². The molecule has 7 nitrogen and oxygen atoms in total. The SMILES string of the molecule is COc1ccc(-n2nc(C(=O)NC3CCCCC3)c3ccccc3c2=O)c(OC)c1. The lowest BCUT2D eigenvalue weighted by atomic mass is 9.95. The number of carbonyl (C=O) groups is 1. The normalized spacial score (nSPS) is 14.5. The minimum Gasteiger partial charge on any atom is -0.497 e. The first kappa shape index (κ1) is 19.9. The van der Waals surface area contributed by atoms with Crippen molar-refractivity contribution in [1.82, 2.24) is 15.1 Å². The highest BCUT2D eigenvalue weighted by Crippen LogP contribution is 2.27. The number of methoxy groups -OCH3 is 2. The van der Waals surface area contributed by atoms with Gasteiger partial charge in [-0.3, -0.25) is 9.59 Å². The molecule has 0 radical (unpaired) electrons. The van der Waals surface area contributed by atoms with Crippen LogP contribution in [0, 0.1) is 0 Å². The van der Waals surface area contributed by atoms with E-state index in [-0.39, 0.29) is 23.2 Å². The topological polar surface area (TPSA) is 82.5 Å². The zero-order chi connectivity index (χ0) is 21.1.